The van der Waals surface area contributed by atoms with Crippen LogP contribution >= 0.6 is 0 Å². The Morgan fingerprint density at radius 1 is 2.00 bits per heavy atom. The van der Waals surface area contributed by atoms with Crippen molar-refractivity contribution in [2.75, 3.05) is 0 Å². The van der Waals surface area contributed by atoms with Crippen molar-refractivity contribution < 1.29 is 3.50 Å². The Hall–Kier alpha value is 0.0329. The van der Waals surface area contributed by atoms with Gasteiger partial charge in [-0.25, -0.2) is 0 Å². The summed E-state index contributed by atoms with van der Waals surface area (Å²) in [7, 11) is 0. The van der Waals surface area contributed by atoms with Gasteiger partial charge in [0.05, 0.1) is 0 Å². The van der Waals surface area contributed by atoms with Crippen molar-refractivity contribution in [1.29, 1.82) is 0 Å². The van der Waals surface area contributed by atoms with Crippen molar-refractivity contribution in [3.8, 4) is 11.2 Å². The van der Waals surface area contributed by atoms with Gasteiger partial charge in [-0.05, 0) is 0 Å². The van der Waals surface area contributed by atoms with Crippen LogP contribution in [0.2, 0.25) is 0 Å². The van der Waals surface area contributed by atoms with Gasteiger partial charge in [-0.1, -0.05) is 0 Å². The van der Waals surface area contributed by atoms with Gasteiger partial charge in [0.1, 0.15) is 0 Å². The molecule has 0 atom stereocenters. The average Bonchev–Trinajstić information content (AvgIpc) is 1.37. The first-order valence-electron chi connectivity index (χ1n) is 0.728. The Morgan fingerprint density at radius 3 is 2.25 bits per heavy atom. The molecule has 0 aliphatic carbocycles. The fraction of sp³-hybridized carbons (Fsp3) is 0. The molecule has 0 unspecified atom stereocenters. The van der Waals surface area contributed by atoms with E-state index in [1.54, 1.807) is 0 Å². The van der Waals surface area contributed by atoms with E-state index in [4.69, 9.17) is 0 Å². The summed E-state index contributed by atoms with van der Waals surface area (Å²) in [5, 5.41) is 0. The molecule has 0 aromatic heterocycles. The van der Waals surface area contributed by atoms with Crippen molar-refractivity contribution in [3.63, 3.8) is 0 Å². The third kappa shape index (κ3) is 2.03. The average molecular weight is 117 g/mol. The van der Waals surface area contributed by atoms with Gasteiger partial charge in [0.25, 0.3) is 0 Å². The minimum atomic E-state index is -1.46. The number of halogens is 1. The van der Waals surface area contributed by atoms with Crippen LogP contribution in [0, 0.1) is 11.2 Å². The molecule has 20 valence electrons. The summed E-state index contributed by atoms with van der Waals surface area (Å²) < 4.78 is 12.5. The fourth-order valence-corrected chi connectivity index (χ4v) is 0. The van der Waals surface area contributed by atoms with Crippen LogP contribution in [0.15, 0.2) is 0 Å². The van der Waals surface area contributed by atoms with Gasteiger partial charge in [-0.3, -0.25) is 0 Å². The van der Waals surface area contributed by atoms with E-state index >= 15 is 0 Å². The molecule has 0 aromatic rings. The number of rotatable bonds is 0. The van der Waals surface area contributed by atoms with E-state index in [1.165, 1.54) is 0 Å². The van der Waals surface area contributed by atoms with Crippen LogP contribution in [0.25, 0.3) is 0 Å². The molecule has 0 saturated heterocycles. The van der Waals surface area contributed by atoms with Crippen LogP contribution in [-0.2, 0) is 0 Å². The van der Waals surface area contributed by atoms with Gasteiger partial charge >= 0.3 is 30.6 Å². The summed E-state index contributed by atoms with van der Waals surface area (Å²) >= 11 is -1.46. The normalized spacial score (nSPS) is 5.00. The molecule has 2 radical (unpaired) electrons. The first kappa shape index (κ1) is 4.03. The van der Waals surface area contributed by atoms with E-state index in [0.717, 1.165) is 0 Å². The number of hydrogen-bond donors (Lipinski definition) is 0. The molecule has 0 fully saturated rings. The standard InChI is InChI=1S/C2HFGe/c1-2-4-3/h1H. The van der Waals surface area contributed by atoms with E-state index in [2.05, 4.69) is 6.42 Å². The second kappa shape index (κ2) is 3.03. The van der Waals surface area contributed by atoms with E-state index < -0.39 is 15.9 Å². The van der Waals surface area contributed by atoms with Crippen molar-refractivity contribution in [2.45, 2.75) is 0 Å². The molecule has 0 bridgehead atoms. The van der Waals surface area contributed by atoms with Gasteiger partial charge in [0.15, 0.2) is 0 Å². The summed E-state index contributed by atoms with van der Waals surface area (Å²) in [5.41, 5.74) is 0. The third-order valence-corrected chi connectivity index (χ3v) is 0.283. The zero-order valence-electron chi connectivity index (χ0n) is 1.96. The molecular formula is C2HFGe. The first-order chi connectivity index (χ1) is 1.91. The van der Waals surface area contributed by atoms with Crippen LogP contribution in [-0.4, -0.2) is 15.9 Å². The van der Waals surface area contributed by atoms with E-state index in [9.17, 15) is 3.50 Å². The molecule has 0 heterocycles. The molecule has 0 saturated carbocycles. The van der Waals surface area contributed by atoms with Crippen molar-refractivity contribution in [1.82, 2.24) is 0 Å². The molecule has 0 nitrogen and oxygen atoms in total. The van der Waals surface area contributed by atoms with Crippen molar-refractivity contribution >= 4 is 15.9 Å². The maximum atomic E-state index is 10.6. The molecule has 0 amide bonds. The summed E-state index contributed by atoms with van der Waals surface area (Å²) in [6.07, 6.45) is 4.46. The predicted molar refractivity (Wildman–Crippen MR) is 15.7 cm³/mol. The molecular weight excluding hydrogens is 116 g/mol. The minimum absolute atomic E-state index is 1.46. The number of hydrogen-bond acceptors (Lipinski definition) is 0. The SMILES string of the molecule is C#[C][Ge][F]. The van der Waals surface area contributed by atoms with Crippen LogP contribution in [0.5, 0.6) is 0 Å². The zero-order chi connectivity index (χ0) is 3.41. The van der Waals surface area contributed by atoms with Gasteiger partial charge < -0.3 is 0 Å². The van der Waals surface area contributed by atoms with Gasteiger partial charge in [0.2, 0.25) is 0 Å². The fourth-order valence-electron chi connectivity index (χ4n) is 0. The second-order valence-corrected chi connectivity index (χ2v) is 1.24. The van der Waals surface area contributed by atoms with Gasteiger partial charge in [0, 0.05) is 0 Å². The first-order valence-corrected chi connectivity index (χ1v) is 2.57. The van der Waals surface area contributed by atoms with E-state index in [-0.39, 0.29) is 0 Å². The van der Waals surface area contributed by atoms with E-state index in [0.29, 0.717) is 0 Å². The van der Waals surface area contributed by atoms with Crippen LogP contribution in [0.3, 0.4) is 0 Å². The monoisotopic (exact) mass is 118 g/mol. The van der Waals surface area contributed by atoms with Crippen LogP contribution in [0.4, 0.5) is 3.50 Å². The summed E-state index contributed by atoms with van der Waals surface area (Å²) in [6.45, 7) is 0. The Bertz CT molecular complexity index is 35.8. The predicted octanol–water partition coefficient (Wildman–Crippen LogP) is 0.166. The Balaban J connectivity index is 2.43. The number of terminal acetylenes is 1. The van der Waals surface area contributed by atoms with Crippen molar-refractivity contribution in [3.05, 3.63) is 0 Å². The van der Waals surface area contributed by atoms with Gasteiger partial charge in [-0.15, -0.1) is 0 Å². The quantitative estimate of drug-likeness (QED) is 0.313. The van der Waals surface area contributed by atoms with E-state index in [1.807, 2.05) is 4.75 Å². The third-order valence-electron chi connectivity index (χ3n) is 0.0546. The Labute approximate surface area is 31.4 Å². The molecule has 0 spiro atoms. The molecule has 0 N–H and O–H groups in total. The molecule has 0 aliphatic rings. The Kier molecular flexibility index (Phi) is 3.06. The summed E-state index contributed by atoms with van der Waals surface area (Å²) in [5.74, 6) is 0. The molecule has 2 heteroatoms. The summed E-state index contributed by atoms with van der Waals surface area (Å²) in [4.78, 5) is 0. The molecule has 4 heavy (non-hydrogen) atoms. The molecule has 0 rings (SSSR count). The van der Waals surface area contributed by atoms with Crippen molar-refractivity contribution in [2.24, 2.45) is 0 Å². The second-order valence-electron chi connectivity index (χ2n) is 0.239. The van der Waals surface area contributed by atoms with Gasteiger partial charge in [-0.2, -0.15) is 0 Å². The molecule has 0 aliphatic heterocycles. The van der Waals surface area contributed by atoms with Crippen LogP contribution < -0.4 is 0 Å². The molecule has 0 aromatic carbocycles. The topological polar surface area (TPSA) is 0 Å². The van der Waals surface area contributed by atoms with Crippen LogP contribution in [0.1, 0.15) is 0 Å². The Morgan fingerprint density at radius 2 is 2.25 bits per heavy atom. The zero-order valence-corrected chi connectivity index (χ0v) is 4.05. The summed E-state index contributed by atoms with van der Waals surface area (Å²) in [6, 6.07) is 0. The maximum absolute atomic E-state index is 10.6.